The molecule has 1 aromatic rings. The molecule has 18 heavy (non-hydrogen) atoms. The standard InChI is InChI=1S/C14H21ClFNO/c1-4-14(18-3)13(17-5-2)9-10-6-7-11(15)12(16)8-10/h6-8,13-14,17H,4-5,9H2,1-3H3. The molecular weight excluding hydrogens is 253 g/mol. The summed E-state index contributed by atoms with van der Waals surface area (Å²) in [5.41, 5.74) is 0.929. The average Bonchev–Trinajstić information content (AvgIpc) is 2.35. The molecule has 2 unspecified atom stereocenters. The first-order chi connectivity index (χ1) is 8.62. The van der Waals surface area contributed by atoms with Gasteiger partial charge in [-0.15, -0.1) is 0 Å². The molecule has 0 spiro atoms. The topological polar surface area (TPSA) is 21.3 Å². The second kappa shape index (κ2) is 7.72. The molecule has 0 fully saturated rings. The Hall–Kier alpha value is -0.640. The molecule has 0 saturated carbocycles. The van der Waals surface area contributed by atoms with Crippen molar-refractivity contribution in [1.29, 1.82) is 0 Å². The average molecular weight is 274 g/mol. The Kier molecular flexibility index (Phi) is 6.61. The second-order valence-electron chi connectivity index (χ2n) is 4.30. The number of nitrogens with one attached hydrogen (secondary N) is 1. The van der Waals surface area contributed by atoms with E-state index in [0.717, 1.165) is 24.9 Å². The van der Waals surface area contributed by atoms with Gasteiger partial charge in [-0.05, 0) is 37.1 Å². The number of benzene rings is 1. The van der Waals surface area contributed by atoms with Crippen molar-refractivity contribution < 1.29 is 9.13 Å². The van der Waals surface area contributed by atoms with Gasteiger partial charge in [0.25, 0.3) is 0 Å². The Morgan fingerprint density at radius 3 is 2.61 bits per heavy atom. The Morgan fingerprint density at radius 2 is 2.11 bits per heavy atom. The first-order valence-corrected chi connectivity index (χ1v) is 6.70. The van der Waals surface area contributed by atoms with Crippen LogP contribution in [-0.2, 0) is 11.2 Å². The molecule has 1 rings (SSSR count). The predicted molar refractivity (Wildman–Crippen MR) is 73.7 cm³/mol. The van der Waals surface area contributed by atoms with Crippen LogP contribution in [0.15, 0.2) is 18.2 Å². The van der Waals surface area contributed by atoms with E-state index < -0.39 is 0 Å². The van der Waals surface area contributed by atoms with E-state index in [9.17, 15) is 4.39 Å². The van der Waals surface area contributed by atoms with E-state index in [1.807, 2.05) is 6.07 Å². The highest BCUT2D eigenvalue weighted by molar-refractivity contribution is 6.30. The monoisotopic (exact) mass is 273 g/mol. The van der Waals surface area contributed by atoms with Crippen molar-refractivity contribution >= 4 is 11.6 Å². The SMILES string of the molecule is CCNC(Cc1ccc(Cl)c(F)c1)C(CC)OC. The Labute approximate surface area is 113 Å². The van der Waals surface area contributed by atoms with Crippen LogP contribution < -0.4 is 5.32 Å². The minimum absolute atomic E-state index is 0.128. The van der Waals surface area contributed by atoms with Crippen molar-refractivity contribution in [1.82, 2.24) is 5.32 Å². The molecule has 0 aliphatic carbocycles. The minimum atomic E-state index is -0.366. The first-order valence-electron chi connectivity index (χ1n) is 6.32. The zero-order valence-electron chi connectivity index (χ0n) is 11.2. The molecule has 1 N–H and O–H groups in total. The fraction of sp³-hybridized carbons (Fsp3) is 0.571. The van der Waals surface area contributed by atoms with E-state index in [-0.39, 0.29) is 23.0 Å². The summed E-state index contributed by atoms with van der Waals surface area (Å²) in [5.74, 6) is -0.366. The smallest absolute Gasteiger partial charge is 0.142 e. The summed E-state index contributed by atoms with van der Waals surface area (Å²) < 4.78 is 18.9. The Balaban J connectivity index is 2.78. The lowest BCUT2D eigenvalue weighted by Crippen LogP contribution is -2.42. The van der Waals surface area contributed by atoms with Gasteiger partial charge < -0.3 is 10.1 Å². The summed E-state index contributed by atoms with van der Waals surface area (Å²) in [5, 5.41) is 3.55. The van der Waals surface area contributed by atoms with Gasteiger partial charge in [-0.25, -0.2) is 4.39 Å². The molecule has 0 saturated heterocycles. The van der Waals surface area contributed by atoms with Gasteiger partial charge in [0.1, 0.15) is 5.82 Å². The van der Waals surface area contributed by atoms with Crippen LogP contribution in [0.3, 0.4) is 0 Å². The van der Waals surface area contributed by atoms with E-state index in [0.29, 0.717) is 0 Å². The molecular formula is C14H21ClFNO. The van der Waals surface area contributed by atoms with Gasteiger partial charge in [0, 0.05) is 13.2 Å². The molecule has 102 valence electrons. The van der Waals surface area contributed by atoms with Crippen molar-refractivity contribution in [3.8, 4) is 0 Å². The molecule has 2 nitrogen and oxygen atoms in total. The van der Waals surface area contributed by atoms with Gasteiger partial charge in [-0.2, -0.15) is 0 Å². The van der Waals surface area contributed by atoms with Crippen LogP contribution in [0.1, 0.15) is 25.8 Å². The zero-order chi connectivity index (χ0) is 13.5. The quantitative estimate of drug-likeness (QED) is 0.822. The maximum atomic E-state index is 13.4. The van der Waals surface area contributed by atoms with Crippen LogP contribution in [0.5, 0.6) is 0 Å². The van der Waals surface area contributed by atoms with Crippen LogP contribution in [0.2, 0.25) is 5.02 Å². The van der Waals surface area contributed by atoms with E-state index in [1.54, 1.807) is 13.2 Å². The third-order valence-electron chi connectivity index (χ3n) is 3.06. The molecule has 1 aromatic carbocycles. The summed E-state index contributed by atoms with van der Waals surface area (Å²) in [4.78, 5) is 0. The van der Waals surface area contributed by atoms with E-state index >= 15 is 0 Å². The minimum Gasteiger partial charge on any atom is -0.380 e. The van der Waals surface area contributed by atoms with Crippen LogP contribution >= 0.6 is 11.6 Å². The maximum absolute atomic E-state index is 13.4. The van der Waals surface area contributed by atoms with E-state index in [4.69, 9.17) is 16.3 Å². The number of rotatable bonds is 7. The number of hydrogen-bond donors (Lipinski definition) is 1. The van der Waals surface area contributed by atoms with Gasteiger partial charge in [-0.3, -0.25) is 0 Å². The number of halogens is 2. The molecule has 0 heterocycles. The maximum Gasteiger partial charge on any atom is 0.142 e. The van der Waals surface area contributed by atoms with Crippen molar-refractivity contribution in [2.45, 2.75) is 38.8 Å². The van der Waals surface area contributed by atoms with Gasteiger partial charge in [-0.1, -0.05) is 31.5 Å². The number of methoxy groups -OCH3 is 1. The van der Waals surface area contributed by atoms with E-state index in [1.165, 1.54) is 6.07 Å². The van der Waals surface area contributed by atoms with Crippen LogP contribution in [0, 0.1) is 5.82 Å². The van der Waals surface area contributed by atoms with Crippen molar-refractivity contribution in [2.75, 3.05) is 13.7 Å². The summed E-state index contributed by atoms with van der Waals surface area (Å²) >= 11 is 5.68. The molecule has 0 radical (unpaired) electrons. The van der Waals surface area contributed by atoms with Crippen molar-refractivity contribution in [3.63, 3.8) is 0 Å². The molecule has 0 aliphatic rings. The molecule has 0 amide bonds. The van der Waals surface area contributed by atoms with Crippen LogP contribution in [0.4, 0.5) is 4.39 Å². The summed E-state index contributed by atoms with van der Waals surface area (Å²) in [6.45, 7) is 5.00. The van der Waals surface area contributed by atoms with Crippen molar-refractivity contribution in [2.24, 2.45) is 0 Å². The highest BCUT2D eigenvalue weighted by Crippen LogP contribution is 2.18. The summed E-state index contributed by atoms with van der Waals surface area (Å²) in [6.07, 6.45) is 1.78. The largest absolute Gasteiger partial charge is 0.380 e. The number of likely N-dealkylation sites (N-methyl/N-ethyl adjacent to an activating group) is 1. The molecule has 0 bridgehead atoms. The van der Waals surface area contributed by atoms with Gasteiger partial charge in [0.2, 0.25) is 0 Å². The van der Waals surface area contributed by atoms with Crippen molar-refractivity contribution in [3.05, 3.63) is 34.6 Å². The lowest BCUT2D eigenvalue weighted by molar-refractivity contribution is 0.0658. The second-order valence-corrected chi connectivity index (χ2v) is 4.71. The van der Waals surface area contributed by atoms with Crippen LogP contribution in [-0.4, -0.2) is 25.8 Å². The van der Waals surface area contributed by atoms with Gasteiger partial charge in [0.05, 0.1) is 11.1 Å². The first kappa shape index (κ1) is 15.4. The third kappa shape index (κ3) is 4.23. The Bertz CT molecular complexity index is 369. The number of hydrogen-bond acceptors (Lipinski definition) is 2. The zero-order valence-corrected chi connectivity index (χ0v) is 11.9. The predicted octanol–water partition coefficient (Wildman–Crippen LogP) is 3.42. The molecule has 0 aromatic heterocycles. The van der Waals surface area contributed by atoms with E-state index in [2.05, 4.69) is 19.2 Å². The third-order valence-corrected chi connectivity index (χ3v) is 3.37. The molecule has 2 atom stereocenters. The van der Waals surface area contributed by atoms with Gasteiger partial charge in [0.15, 0.2) is 0 Å². The fourth-order valence-corrected chi connectivity index (χ4v) is 2.25. The molecule has 0 aliphatic heterocycles. The highest BCUT2D eigenvalue weighted by Gasteiger charge is 2.19. The molecule has 4 heteroatoms. The normalized spacial score (nSPS) is 14.5. The Morgan fingerprint density at radius 1 is 1.39 bits per heavy atom. The lowest BCUT2D eigenvalue weighted by atomic mass is 9.99. The number of ether oxygens (including phenoxy) is 1. The fourth-order valence-electron chi connectivity index (χ4n) is 2.13. The lowest BCUT2D eigenvalue weighted by Gasteiger charge is -2.26. The summed E-state index contributed by atoms with van der Waals surface area (Å²) in [7, 11) is 1.71. The van der Waals surface area contributed by atoms with Gasteiger partial charge >= 0.3 is 0 Å². The van der Waals surface area contributed by atoms with Crippen LogP contribution in [0.25, 0.3) is 0 Å². The highest BCUT2D eigenvalue weighted by atomic mass is 35.5. The summed E-state index contributed by atoms with van der Waals surface area (Å²) in [6, 6.07) is 5.14.